The summed E-state index contributed by atoms with van der Waals surface area (Å²) in [5.74, 6) is 0. The van der Waals surface area contributed by atoms with Crippen LogP contribution < -0.4 is 5.73 Å². The van der Waals surface area contributed by atoms with Crippen LogP contribution in [0.5, 0.6) is 0 Å². The van der Waals surface area contributed by atoms with E-state index >= 15 is 0 Å². The van der Waals surface area contributed by atoms with Gasteiger partial charge in [0, 0.05) is 18.3 Å². The molecule has 0 aliphatic heterocycles. The van der Waals surface area contributed by atoms with Crippen LogP contribution >= 0.6 is 0 Å². The number of aliphatic hydroxyl groups excluding tert-OH is 1. The minimum atomic E-state index is -3.58. The predicted molar refractivity (Wildman–Crippen MR) is 78.9 cm³/mol. The quantitative estimate of drug-likeness (QED) is 0.805. The van der Waals surface area contributed by atoms with Gasteiger partial charge in [0.1, 0.15) is 0 Å². The average Bonchev–Trinajstić information content (AvgIpc) is 2.23. The van der Waals surface area contributed by atoms with Crippen molar-refractivity contribution in [3.63, 3.8) is 0 Å². The fourth-order valence-corrected chi connectivity index (χ4v) is 4.87. The molecule has 0 saturated heterocycles. The number of anilines is 1. The first-order valence-corrected chi connectivity index (χ1v) is 8.31. The zero-order valence-electron chi connectivity index (χ0n) is 12.0. The van der Waals surface area contributed by atoms with E-state index in [4.69, 9.17) is 5.73 Å². The van der Waals surface area contributed by atoms with Crippen molar-refractivity contribution in [1.82, 2.24) is 4.31 Å². The molecule has 1 aromatic rings. The second kappa shape index (κ2) is 5.71. The normalized spacial score (nSPS) is 16.4. The largest absolute Gasteiger partial charge is 0.399 e. The van der Waals surface area contributed by atoms with E-state index in [1.165, 1.54) is 4.31 Å². The van der Waals surface area contributed by atoms with Crippen molar-refractivity contribution in [2.75, 3.05) is 18.9 Å². The maximum absolute atomic E-state index is 12.9. The SMILES string of the molecule is Cc1cc(N)cc(C)c1S(=O)(=O)N(CCO)C1CCC1. The molecule has 2 rings (SSSR count). The highest BCUT2D eigenvalue weighted by Crippen LogP contribution is 2.32. The summed E-state index contributed by atoms with van der Waals surface area (Å²) >= 11 is 0. The molecule has 3 N–H and O–H groups in total. The molecule has 6 heteroatoms. The molecule has 1 aliphatic rings. The Bertz CT molecular complexity index is 571. The molecular weight excluding hydrogens is 276 g/mol. The Morgan fingerprint density at radius 3 is 2.25 bits per heavy atom. The topological polar surface area (TPSA) is 83.6 Å². The van der Waals surface area contributed by atoms with Crippen LogP contribution in [-0.2, 0) is 10.0 Å². The summed E-state index contributed by atoms with van der Waals surface area (Å²) in [5, 5.41) is 9.17. The van der Waals surface area contributed by atoms with Crippen LogP contribution in [0.25, 0.3) is 0 Å². The number of aliphatic hydroxyl groups is 1. The first-order valence-electron chi connectivity index (χ1n) is 6.87. The van der Waals surface area contributed by atoms with E-state index < -0.39 is 10.0 Å². The third-order valence-corrected chi connectivity index (χ3v) is 6.11. The summed E-state index contributed by atoms with van der Waals surface area (Å²) in [4.78, 5) is 0.326. The molecule has 0 heterocycles. The lowest BCUT2D eigenvalue weighted by atomic mass is 9.93. The van der Waals surface area contributed by atoms with Crippen molar-refractivity contribution in [3.8, 4) is 0 Å². The van der Waals surface area contributed by atoms with Gasteiger partial charge >= 0.3 is 0 Å². The van der Waals surface area contributed by atoms with Gasteiger partial charge in [0.25, 0.3) is 0 Å². The molecular formula is C14H22N2O3S. The third-order valence-electron chi connectivity index (χ3n) is 3.85. The summed E-state index contributed by atoms with van der Waals surface area (Å²) in [6.45, 7) is 3.50. The maximum atomic E-state index is 12.9. The smallest absolute Gasteiger partial charge is 0.243 e. The minimum absolute atomic E-state index is 0.0171. The number of sulfonamides is 1. The van der Waals surface area contributed by atoms with E-state index in [0.717, 1.165) is 19.3 Å². The Balaban J connectivity index is 2.47. The predicted octanol–water partition coefficient (Wildman–Crippen LogP) is 1.42. The van der Waals surface area contributed by atoms with Crippen LogP contribution in [0.15, 0.2) is 17.0 Å². The molecule has 0 aromatic heterocycles. The number of hydrogen-bond acceptors (Lipinski definition) is 4. The monoisotopic (exact) mass is 298 g/mol. The van der Waals surface area contributed by atoms with Gasteiger partial charge in [-0.2, -0.15) is 4.31 Å². The zero-order valence-corrected chi connectivity index (χ0v) is 12.8. The van der Waals surface area contributed by atoms with Crippen LogP contribution in [-0.4, -0.2) is 37.0 Å². The number of nitrogens with zero attached hydrogens (tertiary/aromatic N) is 1. The van der Waals surface area contributed by atoms with Crippen molar-refractivity contribution in [1.29, 1.82) is 0 Å². The third kappa shape index (κ3) is 2.68. The van der Waals surface area contributed by atoms with Crippen LogP contribution in [0.3, 0.4) is 0 Å². The summed E-state index contributed by atoms with van der Waals surface area (Å²) in [5.41, 5.74) is 7.64. The number of nitrogen functional groups attached to an aromatic ring is 1. The first kappa shape index (κ1) is 15.3. The molecule has 0 unspecified atom stereocenters. The minimum Gasteiger partial charge on any atom is -0.399 e. The van der Waals surface area contributed by atoms with Crippen molar-refractivity contribution in [3.05, 3.63) is 23.3 Å². The molecule has 0 bridgehead atoms. The highest BCUT2D eigenvalue weighted by molar-refractivity contribution is 7.89. The van der Waals surface area contributed by atoms with Crippen molar-refractivity contribution in [2.24, 2.45) is 0 Å². The number of rotatable bonds is 5. The van der Waals surface area contributed by atoms with Gasteiger partial charge in [-0.1, -0.05) is 6.42 Å². The second-order valence-electron chi connectivity index (χ2n) is 5.41. The lowest BCUT2D eigenvalue weighted by Gasteiger charge is -2.36. The molecule has 112 valence electrons. The molecule has 0 spiro atoms. The second-order valence-corrected chi connectivity index (χ2v) is 7.24. The molecule has 1 aliphatic carbocycles. The Labute approximate surface area is 120 Å². The number of nitrogens with two attached hydrogens (primary N) is 1. The summed E-state index contributed by atoms with van der Waals surface area (Å²) in [6.07, 6.45) is 2.78. The van der Waals surface area contributed by atoms with Gasteiger partial charge < -0.3 is 10.8 Å². The summed E-state index contributed by atoms with van der Waals surface area (Å²) < 4.78 is 27.2. The lowest BCUT2D eigenvalue weighted by Crippen LogP contribution is -2.45. The van der Waals surface area contributed by atoms with Crippen molar-refractivity contribution < 1.29 is 13.5 Å². The van der Waals surface area contributed by atoms with Crippen LogP contribution in [0.4, 0.5) is 5.69 Å². The van der Waals surface area contributed by atoms with Crippen molar-refractivity contribution in [2.45, 2.75) is 44.0 Å². The average molecular weight is 298 g/mol. The van der Waals surface area contributed by atoms with Gasteiger partial charge in [-0.05, 0) is 49.9 Å². The van der Waals surface area contributed by atoms with Gasteiger partial charge in [0.2, 0.25) is 10.0 Å². The molecule has 1 saturated carbocycles. The van der Waals surface area contributed by atoms with Gasteiger partial charge in [-0.25, -0.2) is 8.42 Å². The zero-order chi connectivity index (χ0) is 14.9. The van der Waals surface area contributed by atoms with Gasteiger partial charge in [-0.15, -0.1) is 0 Å². The molecule has 1 fully saturated rings. The maximum Gasteiger partial charge on any atom is 0.243 e. The van der Waals surface area contributed by atoms with E-state index in [0.29, 0.717) is 21.7 Å². The Morgan fingerprint density at radius 1 is 1.30 bits per heavy atom. The Morgan fingerprint density at radius 2 is 1.85 bits per heavy atom. The number of hydrogen-bond donors (Lipinski definition) is 2. The molecule has 5 nitrogen and oxygen atoms in total. The van der Waals surface area contributed by atoms with Crippen molar-refractivity contribution >= 4 is 15.7 Å². The van der Waals surface area contributed by atoms with Crippen LogP contribution in [0.1, 0.15) is 30.4 Å². The lowest BCUT2D eigenvalue weighted by molar-refractivity contribution is 0.178. The number of benzene rings is 1. The van der Waals surface area contributed by atoms with E-state index in [-0.39, 0.29) is 19.2 Å². The van der Waals surface area contributed by atoms with E-state index in [9.17, 15) is 13.5 Å². The molecule has 20 heavy (non-hydrogen) atoms. The van der Waals surface area contributed by atoms with E-state index in [1.807, 2.05) is 0 Å². The van der Waals surface area contributed by atoms with Gasteiger partial charge in [0.05, 0.1) is 11.5 Å². The fraction of sp³-hybridized carbons (Fsp3) is 0.571. The molecule has 1 aromatic carbocycles. The summed E-state index contributed by atoms with van der Waals surface area (Å²) in [6, 6.07) is 3.37. The number of aryl methyl sites for hydroxylation is 2. The van der Waals surface area contributed by atoms with Crippen LogP contribution in [0.2, 0.25) is 0 Å². The highest BCUT2D eigenvalue weighted by Gasteiger charge is 2.36. The van der Waals surface area contributed by atoms with Crippen LogP contribution in [0, 0.1) is 13.8 Å². The van der Waals surface area contributed by atoms with Gasteiger partial charge in [-0.3, -0.25) is 0 Å². The standard InChI is InChI=1S/C14H22N2O3S/c1-10-8-12(15)9-11(2)14(10)20(18,19)16(6-7-17)13-4-3-5-13/h8-9,13,17H,3-7,15H2,1-2H3. The fourth-order valence-electron chi connectivity index (χ4n) is 2.78. The van der Waals surface area contributed by atoms with E-state index in [2.05, 4.69) is 0 Å². The summed E-state index contributed by atoms with van der Waals surface area (Å²) in [7, 11) is -3.58. The molecule has 0 amide bonds. The van der Waals surface area contributed by atoms with E-state index in [1.54, 1.807) is 26.0 Å². The highest BCUT2D eigenvalue weighted by atomic mass is 32.2. The van der Waals surface area contributed by atoms with Gasteiger partial charge in [0.15, 0.2) is 0 Å². The Hall–Kier alpha value is -1.11. The molecule has 0 radical (unpaired) electrons. The Kier molecular flexibility index (Phi) is 4.36. The molecule has 0 atom stereocenters. The first-order chi connectivity index (χ1) is 9.37.